The Bertz CT molecular complexity index is 6020. The second kappa shape index (κ2) is 26.1. The van der Waals surface area contributed by atoms with Crippen molar-refractivity contribution < 1.29 is 118 Å². The van der Waals surface area contributed by atoms with E-state index in [1.165, 1.54) is 54.6 Å². The van der Waals surface area contributed by atoms with Gasteiger partial charge in [0.15, 0.2) is 17.2 Å². The zero-order valence-electron chi connectivity index (χ0n) is 45.5. The van der Waals surface area contributed by atoms with Gasteiger partial charge < -0.3 is 21.1 Å². The van der Waals surface area contributed by atoms with Gasteiger partial charge in [-0.25, -0.2) is 0 Å². The van der Waals surface area contributed by atoms with Crippen LogP contribution in [0.1, 0.15) is 0 Å². The van der Waals surface area contributed by atoms with E-state index in [0.29, 0.717) is 5.39 Å². The van der Waals surface area contributed by atoms with Crippen LogP contribution >= 0.6 is 0 Å². The molecule has 11 N–H and O–H groups in total. The molecule has 94 heavy (non-hydrogen) atoms. The van der Waals surface area contributed by atoms with Crippen LogP contribution in [0.3, 0.4) is 0 Å². The van der Waals surface area contributed by atoms with E-state index in [1.807, 2.05) is 0 Å². The topological polar surface area (TPSA) is 614 Å². The lowest BCUT2D eigenvalue weighted by Gasteiger charge is -2.12. The van der Waals surface area contributed by atoms with Gasteiger partial charge in [-0.1, -0.05) is 54.6 Å². The lowest BCUT2D eigenvalue weighted by atomic mass is 10.1. The largest absolute Gasteiger partial charge is 0.505 e. The number of nitrogens with zero attached hydrogens (tertiary/aromatic N) is 8. The summed E-state index contributed by atoms with van der Waals surface area (Å²) in [5, 5.41) is 64.0. The van der Waals surface area contributed by atoms with Crippen molar-refractivity contribution >= 4 is 187 Å². The Kier molecular flexibility index (Phi) is 19.3. The second-order valence-electron chi connectivity index (χ2n) is 18.6. The summed E-state index contributed by atoms with van der Waals surface area (Å²) >= 11 is 0. The molecule has 10 aromatic carbocycles. The lowest BCUT2D eigenvalue weighted by molar-refractivity contribution is 0.471. The molecule has 0 atom stereocenters. The number of benzene rings is 10. The SMILES string of the molecule is Nc1c(N=Nc2ccc3c(O)c(N=Nc4ccc5ccccc5c4S(=O)(=O)O)c(S(=O)(=O)O)cc3c2)c(S(=O)(=O)O)cc2ccc(N=Nc3ccc4cc(S(=O)(=O)O)c(N=Nc5cc6c(S(=O)(=O)O)cccc6cc5S(=O)(=O)O)c(O)c4c3)c(O)c12.O=S(=O)=O.O=S(=O)=O. The maximum Gasteiger partial charge on any atom is 0.425 e. The van der Waals surface area contributed by atoms with E-state index >= 15 is 0 Å². The number of fused-ring (bicyclic) bond motifs is 5. The normalized spacial score (nSPS) is 12.7. The van der Waals surface area contributed by atoms with Crippen LogP contribution in [0.5, 0.6) is 17.2 Å². The van der Waals surface area contributed by atoms with E-state index < -0.39 is 163 Å². The molecule has 0 radical (unpaired) electrons. The standard InChI is InChI=1S/C50H33N9O21S6.2O3S/c51-43-42-26(19-39(83(69,70)71)44(43)57-53-28-12-13-30-27(16-28)20-41(85(75,76)77)45(47(30)60)58-55-35-15-9-23-4-1-2-6-31(23)50(35)86(78,79)80)10-14-34(49(42)62)54-52-29-11-8-25-18-40(84(72,73)74)46(48(61)33(25)21-29)59-56-36-22-32-24(17-38(36)82(66,67)68)5-3-7-37(32)81(63,64)65;2*1-4(2)3/h1-22,60-62H,51H2,(H,63,64,65)(H,66,67,68)(H,69,70,71)(H,72,73,74)(H,75,76,77)(H,78,79,80);;. The minimum Gasteiger partial charge on any atom is -0.505 e. The van der Waals surface area contributed by atoms with Gasteiger partial charge in [-0.3, -0.25) is 27.3 Å². The smallest absolute Gasteiger partial charge is 0.425 e. The van der Waals surface area contributed by atoms with Crippen LogP contribution in [0.25, 0.3) is 53.9 Å². The third-order valence-corrected chi connectivity index (χ3v) is 18.1. The molecule has 0 aliphatic carbocycles. The molecule has 0 unspecified atom stereocenters. The molecule has 0 fully saturated rings. The highest BCUT2D eigenvalue weighted by Gasteiger charge is 2.28. The maximum absolute atomic E-state index is 12.8. The first-order chi connectivity index (χ1) is 43.6. The van der Waals surface area contributed by atoms with Crippen molar-refractivity contribution in [3.05, 3.63) is 133 Å². The Morgan fingerprint density at radius 1 is 0.309 bits per heavy atom. The fourth-order valence-corrected chi connectivity index (χ4v) is 13.2. The Morgan fingerprint density at radius 2 is 0.734 bits per heavy atom. The first kappa shape index (κ1) is 69.7. The Labute approximate surface area is 528 Å². The minimum absolute atomic E-state index is 0.0227. The van der Waals surface area contributed by atoms with Crippen molar-refractivity contribution in [2.75, 3.05) is 5.73 Å². The van der Waals surface area contributed by atoms with Gasteiger partial charge in [0.1, 0.15) is 63.5 Å². The first-order valence-electron chi connectivity index (χ1n) is 24.4. The Morgan fingerprint density at radius 3 is 1.32 bits per heavy atom. The molecule has 0 bridgehead atoms. The van der Waals surface area contributed by atoms with Crippen molar-refractivity contribution in [3.63, 3.8) is 0 Å². The Balaban J connectivity index is 0.00000134. The number of hydrogen-bond acceptors (Lipinski definition) is 30. The molecule has 10 aromatic rings. The third kappa shape index (κ3) is 15.3. The number of hydrogen-bond donors (Lipinski definition) is 10. The average Bonchev–Trinajstić information content (AvgIpc) is 0.780. The molecular formula is C50H33N9O27S8. The summed E-state index contributed by atoms with van der Waals surface area (Å²) in [7, 11) is -37.1. The number of phenolic OH excluding ortho intramolecular Hbond substituents is 3. The van der Waals surface area contributed by atoms with Crippen molar-refractivity contribution in [1.82, 2.24) is 0 Å². The van der Waals surface area contributed by atoms with E-state index in [9.17, 15) is 93.1 Å². The van der Waals surface area contributed by atoms with E-state index in [2.05, 4.69) is 40.9 Å². The summed E-state index contributed by atoms with van der Waals surface area (Å²) in [5.41, 5.74) is 1.11. The summed E-state index contributed by atoms with van der Waals surface area (Å²) in [4.78, 5) is -5.46. The number of nitrogen functional groups attached to an aromatic ring is 1. The van der Waals surface area contributed by atoms with Gasteiger partial charge in [-0.15, -0.1) is 55.9 Å². The zero-order chi connectivity index (χ0) is 69.5. The summed E-state index contributed by atoms with van der Waals surface area (Å²) in [6.07, 6.45) is 0. The predicted molar refractivity (Wildman–Crippen MR) is 324 cm³/mol. The molecule has 488 valence electrons. The van der Waals surface area contributed by atoms with Crippen molar-refractivity contribution in [3.8, 4) is 17.2 Å². The van der Waals surface area contributed by atoms with Crippen LogP contribution in [0.4, 0.5) is 51.2 Å². The van der Waals surface area contributed by atoms with Crippen LogP contribution in [0.15, 0.2) is 204 Å². The highest BCUT2D eigenvalue weighted by molar-refractivity contribution is 7.87. The first-order valence-corrected chi connectivity index (χ1v) is 35.0. The number of phenols is 3. The monoisotopic (exact) mass is 1450 g/mol. The number of nitrogens with two attached hydrogens (primary N) is 1. The zero-order valence-corrected chi connectivity index (χ0v) is 52.0. The van der Waals surface area contributed by atoms with E-state index in [-0.39, 0.29) is 65.5 Å². The molecule has 0 amide bonds. The van der Waals surface area contributed by atoms with Gasteiger partial charge in [0.05, 0.1) is 22.4 Å². The lowest BCUT2D eigenvalue weighted by Crippen LogP contribution is -2.02. The van der Waals surface area contributed by atoms with Crippen LogP contribution in [0, 0.1) is 0 Å². The van der Waals surface area contributed by atoms with E-state index in [1.54, 1.807) is 6.07 Å². The van der Waals surface area contributed by atoms with E-state index in [0.717, 1.165) is 72.8 Å². The molecule has 0 aromatic heterocycles. The molecule has 0 aliphatic heterocycles. The summed E-state index contributed by atoms with van der Waals surface area (Å²) in [6.45, 7) is 0. The van der Waals surface area contributed by atoms with Crippen LogP contribution in [0.2, 0.25) is 0 Å². The van der Waals surface area contributed by atoms with Gasteiger partial charge in [-0.2, -0.15) is 60.7 Å². The van der Waals surface area contributed by atoms with Gasteiger partial charge in [0.2, 0.25) is 0 Å². The van der Waals surface area contributed by atoms with Crippen LogP contribution in [-0.2, 0) is 81.9 Å². The highest BCUT2D eigenvalue weighted by atomic mass is 32.2. The number of azo groups is 4. The van der Waals surface area contributed by atoms with Crippen LogP contribution < -0.4 is 5.73 Å². The maximum atomic E-state index is 12.8. The van der Waals surface area contributed by atoms with Crippen molar-refractivity contribution in [2.24, 2.45) is 40.9 Å². The second-order valence-corrected chi connectivity index (χ2v) is 27.7. The molecule has 44 heteroatoms. The molecule has 0 saturated carbocycles. The molecular weight excluding hydrogens is 1420 g/mol. The predicted octanol–water partition coefficient (Wildman–Crippen LogP) is 9.29. The van der Waals surface area contributed by atoms with Gasteiger partial charge in [0, 0.05) is 21.5 Å². The molecule has 10 rings (SSSR count). The molecule has 0 heterocycles. The fourth-order valence-electron chi connectivity index (χ4n) is 9.00. The quantitative estimate of drug-likeness (QED) is 0.0275. The van der Waals surface area contributed by atoms with E-state index in [4.69, 9.17) is 31.0 Å². The minimum atomic E-state index is -5.29. The molecule has 0 saturated heterocycles. The molecule has 0 aliphatic rings. The number of rotatable bonds is 14. The summed E-state index contributed by atoms with van der Waals surface area (Å²) in [5.74, 6) is -2.71. The summed E-state index contributed by atoms with van der Waals surface area (Å²) in [6, 6.07) is 25.2. The molecule has 0 spiro atoms. The van der Waals surface area contributed by atoms with Crippen molar-refractivity contribution in [1.29, 1.82) is 0 Å². The van der Waals surface area contributed by atoms with Crippen molar-refractivity contribution in [2.45, 2.75) is 29.4 Å². The average molecular weight is 1450 g/mol. The van der Waals surface area contributed by atoms with Gasteiger partial charge in [-0.05, 0) is 106 Å². The third-order valence-electron chi connectivity index (χ3n) is 12.8. The highest BCUT2D eigenvalue weighted by Crippen LogP contribution is 2.49. The molecule has 36 nitrogen and oxygen atoms in total. The number of aromatic hydroxyl groups is 3. The summed E-state index contributed by atoms with van der Waals surface area (Å²) < 4.78 is 262. The fraction of sp³-hybridized carbons (Fsp3) is 0. The van der Waals surface area contributed by atoms with Crippen LogP contribution in [-0.4, -0.2) is 118 Å². The van der Waals surface area contributed by atoms with Gasteiger partial charge in [0.25, 0.3) is 60.7 Å². The van der Waals surface area contributed by atoms with Gasteiger partial charge >= 0.3 is 21.2 Å². The Hall–Kier alpha value is -10.2. The number of anilines is 1.